The smallest absolute Gasteiger partial charge is 0.268 e. The number of likely N-dealkylation sites (N-methyl/N-ethyl adjacent to an activating group) is 1. The molecule has 408 valence electrons. The third-order valence-corrected chi connectivity index (χ3v) is 13.9. The van der Waals surface area contributed by atoms with E-state index >= 15 is 0 Å². The molecule has 9 heteroatoms. The maximum Gasteiger partial charge on any atom is 0.268 e. The van der Waals surface area contributed by atoms with Crippen LogP contribution >= 0.6 is 7.82 Å². The van der Waals surface area contributed by atoms with Gasteiger partial charge in [0, 0.05) is 6.42 Å². The number of unbranched alkanes of at least 4 members (excludes halogenated alkanes) is 30. The van der Waals surface area contributed by atoms with E-state index < -0.39 is 26.6 Å². The first kappa shape index (κ1) is 67.9. The Bertz CT molecular complexity index is 1370. The van der Waals surface area contributed by atoms with Crippen LogP contribution in [-0.2, 0) is 18.4 Å². The number of nitrogens with zero attached hydrogens (tertiary/aromatic N) is 1. The van der Waals surface area contributed by atoms with E-state index in [1.165, 1.54) is 161 Å². The zero-order valence-electron chi connectivity index (χ0n) is 46.5. The average molecular weight is 1000 g/mol. The molecule has 0 fully saturated rings. The molecule has 70 heavy (non-hydrogen) atoms. The minimum absolute atomic E-state index is 0.0125. The number of rotatable bonds is 53. The van der Waals surface area contributed by atoms with Crippen LogP contribution in [0.1, 0.15) is 258 Å². The van der Waals surface area contributed by atoms with E-state index in [-0.39, 0.29) is 12.5 Å². The van der Waals surface area contributed by atoms with E-state index in [1.54, 1.807) is 6.08 Å². The number of hydrogen-bond donors (Lipinski definition) is 2. The van der Waals surface area contributed by atoms with Crippen LogP contribution in [0.4, 0.5) is 0 Å². The first-order valence-corrected chi connectivity index (χ1v) is 30.8. The highest BCUT2D eigenvalue weighted by molar-refractivity contribution is 7.45. The molecule has 3 atom stereocenters. The molecule has 0 radical (unpaired) electrons. The van der Waals surface area contributed by atoms with Gasteiger partial charge in [-0.05, 0) is 70.6 Å². The van der Waals surface area contributed by atoms with Crippen LogP contribution in [0.25, 0.3) is 0 Å². The van der Waals surface area contributed by atoms with E-state index in [1.807, 2.05) is 27.2 Å². The Morgan fingerprint density at radius 1 is 0.514 bits per heavy atom. The Hall–Kier alpha value is -2.06. The van der Waals surface area contributed by atoms with Crippen molar-refractivity contribution in [3.8, 4) is 0 Å². The molecule has 8 nitrogen and oxygen atoms in total. The number of aliphatic hydroxyl groups is 1. The summed E-state index contributed by atoms with van der Waals surface area (Å²) < 4.78 is 23.3. The van der Waals surface area contributed by atoms with Crippen LogP contribution in [0, 0.1) is 0 Å². The van der Waals surface area contributed by atoms with Gasteiger partial charge in [-0.1, -0.05) is 254 Å². The standard InChI is InChI=1S/C61H113N2O6P/c1-6-8-10-12-14-16-18-20-22-24-26-27-28-29-30-31-32-33-34-35-37-38-40-42-44-46-48-50-52-54-60(64)59(58-69-70(66,67)68-57-56-63(3,4)5)62-61(65)55-53-51-49-47-45-43-41-39-36-25-23-21-19-17-15-13-11-9-7-2/h9,11,15,17,21,23,36,39,44,46,52,54,59-60,64H,6-8,10,12-14,16,18-20,22,24-35,37-38,40-43,45,47-51,53,55-58H2,1-5H3,(H-,62,65,66,67)/b11-9-,17-15-,23-21-,39-36-,46-44+,54-52+. The summed E-state index contributed by atoms with van der Waals surface area (Å²) in [5.74, 6) is -0.222. The van der Waals surface area contributed by atoms with Crippen molar-refractivity contribution in [3.05, 3.63) is 72.9 Å². The molecule has 0 aliphatic heterocycles. The van der Waals surface area contributed by atoms with Crippen molar-refractivity contribution in [2.24, 2.45) is 0 Å². The minimum Gasteiger partial charge on any atom is -0.756 e. The summed E-state index contributed by atoms with van der Waals surface area (Å²) in [6.45, 7) is 4.52. The molecule has 2 N–H and O–H groups in total. The van der Waals surface area contributed by atoms with Gasteiger partial charge in [-0.15, -0.1) is 0 Å². The third kappa shape index (κ3) is 53.7. The second kappa shape index (κ2) is 51.8. The van der Waals surface area contributed by atoms with Gasteiger partial charge in [0.2, 0.25) is 5.91 Å². The van der Waals surface area contributed by atoms with Gasteiger partial charge in [-0.3, -0.25) is 9.36 Å². The first-order chi connectivity index (χ1) is 34.0. The van der Waals surface area contributed by atoms with Crippen molar-refractivity contribution >= 4 is 13.7 Å². The Morgan fingerprint density at radius 2 is 0.886 bits per heavy atom. The number of amides is 1. The van der Waals surface area contributed by atoms with Gasteiger partial charge in [0.05, 0.1) is 39.9 Å². The van der Waals surface area contributed by atoms with E-state index in [4.69, 9.17) is 9.05 Å². The lowest BCUT2D eigenvalue weighted by molar-refractivity contribution is -0.870. The number of quaternary nitrogens is 1. The van der Waals surface area contributed by atoms with Crippen molar-refractivity contribution in [1.29, 1.82) is 0 Å². The fourth-order valence-corrected chi connectivity index (χ4v) is 9.06. The number of nitrogens with one attached hydrogen (secondary N) is 1. The molecule has 0 bridgehead atoms. The predicted molar refractivity (Wildman–Crippen MR) is 302 cm³/mol. The summed E-state index contributed by atoms with van der Waals surface area (Å²) in [6.07, 6.45) is 71.4. The first-order valence-electron chi connectivity index (χ1n) is 29.3. The monoisotopic (exact) mass is 1000 g/mol. The number of aliphatic hydroxyl groups excluding tert-OH is 1. The van der Waals surface area contributed by atoms with Crippen molar-refractivity contribution in [2.75, 3.05) is 40.9 Å². The van der Waals surface area contributed by atoms with Crippen LogP contribution in [0.5, 0.6) is 0 Å². The molecule has 1 amide bonds. The number of hydrogen-bond acceptors (Lipinski definition) is 6. The molecule has 0 aromatic heterocycles. The van der Waals surface area contributed by atoms with Crippen molar-refractivity contribution in [3.63, 3.8) is 0 Å². The quantitative estimate of drug-likeness (QED) is 0.0272. The second-order valence-corrected chi connectivity index (χ2v) is 22.4. The van der Waals surface area contributed by atoms with Crippen molar-refractivity contribution in [1.82, 2.24) is 5.32 Å². The Morgan fingerprint density at radius 3 is 1.33 bits per heavy atom. The van der Waals surface area contributed by atoms with Crippen LogP contribution in [0.3, 0.4) is 0 Å². The topological polar surface area (TPSA) is 108 Å². The summed E-state index contributed by atoms with van der Waals surface area (Å²) in [4.78, 5) is 25.5. The zero-order valence-corrected chi connectivity index (χ0v) is 47.4. The maximum atomic E-state index is 12.9. The van der Waals surface area contributed by atoms with Gasteiger partial charge in [0.25, 0.3) is 7.82 Å². The fraction of sp³-hybridized carbons (Fsp3) is 0.787. The maximum absolute atomic E-state index is 12.9. The number of carbonyl (C=O) groups excluding carboxylic acids is 1. The molecular formula is C61H113N2O6P. The van der Waals surface area contributed by atoms with E-state index in [2.05, 4.69) is 79.9 Å². The highest BCUT2D eigenvalue weighted by Crippen LogP contribution is 2.38. The van der Waals surface area contributed by atoms with Gasteiger partial charge < -0.3 is 28.8 Å². The summed E-state index contributed by atoms with van der Waals surface area (Å²) in [7, 11) is 1.23. The zero-order chi connectivity index (χ0) is 51.3. The Balaban J connectivity index is 4.23. The molecule has 0 aliphatic carbocycles. The van der Waals surface area contributed by atoms with Crippen molar-refractivity contribution < 1.29 is 32.9 Å². The van der Waals surface area contributed by atoms with Gasteiger partial charge in [0.1, 0.15) is 13.2 Å². The summed E-state index contributed by atoms with van der Waals surface area (Å²) in [5.41, 5.74) is 0. The molecule has 0 saturated carbocycles. The molecular weight excluding hydrogens is 888 g/mol. The van der Waals surface area contributed by atoms with Gasteiger partial charge >= 0.3 is 0 Å². The van der Waals surface area contributed by atoms with Crippen molar-refractivity contribution in [2.45, 2.75) is 270 Å². The van der Waals surface area contributed by atoms with Crippen LogP contribution in [-0.4, -0.2) is 68.5 Å². The SMILES string of the molecule is CC/C=C\C/C=C\C/C=C\C/C=C\CCCCCCCCC(=O)NC(COP(=O)([O-])OCC[N+](C)(C)C)C(O)/C=C/CC/C=C/CCCCCCCCCCCCCCCCCCCCCCCCC. The Labute approximate surface area is 434 Å². The Kier molecular flexibility index (Phi) is 50.3. The lowest BCUT2D eigenvalue weighted by Crippen LogP contribution is -2.45. The molecule has 0 heterocycles. The lowest BCUT2D eigenvalue weighted by Gasteiger charge is -2.29. The minimum atomic E-state index is -4.61. The lowest BCUT2D eigenvalue weighted by atomic mass is 10.0. The summed E-state index contributed by atoms with van der Waals surface area (Å²) >= 11 is 0. The molecule has 3 unspecified atom stereocenters. The number of phosphoric acid groups is 1. The second-order valence-electron chi connectivity index (χ2n) is 21.0. The molecule has 0 aliphatic rings. The number of carbonyl (C=O) groups is 1. The highest BCUT2D eigenvalue weighted by Gasteiger charge is 2.23. The molecule has 0 saturated heterocycles. The molecule has 0 spiro atoms. The number of phosphoric ester groups is 1. The predicted octanol–water partition coefficient (Wildman–Crippen LogP) is 17.2. The van der Waals surface area contributed by atoms with E-state index in [9.17, 15) is 19.4 Å². The third-order valence-electron chi connectivity index (χ3n) is 12.9. The van der Waals surface area contributed by atoms with E-state index in [0.717, 1.165) is 77.0 Å². The fourth-order valence-electron chi connectivity index (χ4n) is 8.34. The molecule has 0 aromatic carbocycles. The highest BCUT2D eigenvalue weighted by atomic mass is 31.2. The van der Waals surface area contributed by atoms with Gasteiger partial charge in [-0.2, -0.15) is 0 Å². The van der Waals surface area contributed by atoms with Crippen LogP contribution in [0.15, 0.2) is 72.9 Å². The molecule has 0 rings (SSSR count). The van der Waals surface area contributed by atoms with E-state index in [0.29, 0.717) is 17.4 Å². The summed E-state index contributed by atoms with van der Waals surface area (Å²) in [6, 6.07) is -0.916. The normalized spacial score (nSPS) is 14.4. The van der Waals surface area contributed by atoms with Crippen LogP contribution < -0.4 is 10.2 Å². The van der Waals surface area contributed by atoms with Gasteiger partial charge in [0.15, 0.2) is 0 Å². The molecule has 0 aromatic rings. The van der Waals surface area contributed by atoms with Crippen LogP contribution in [0.2, 0.25) is 0 Å². The summed E-state index contributed by atoms with van der Waals surface area (Å²) in [5, 5.41) is 13.9. The largest absolute Gasteiger partial charge is 0.756 e. The van der Waals surface area contributed by atoms with Gasteiger partial charge in [-0.25, -0.2) is 0 Å². The number of allylic oxidation sites excluding steroid dienone is 11. The average Bonchev–Trinajstić information content (AvgIpc) is 3.32.